The molecule has 5 nitrogen and oxygen atoms in total. The zero-order chi connectivity index (χ0) is 13.3. The van der Waals surface area contributed by atoms with Crippen LogP contribution in [0.4, 0.5) is 0 Å². The van der Waals surface area contributed by atoms with Crippen molar-refractivity contribution in [1.29, 1.82) is 0 Å². The van der Waals surface area contributed by atoms with E-state index in [0.717, 1.165) is 17.0 Å². The number of amides is 1. The van der Waals surface area contributed by atoms with Gasteiger partial charge in [-0.1, -0.05) is 0 Å². The van der Waals surface area contributed by atoms with E-state index in [-0.39, 0.29) is 18.4 Å². The maximum absolute atomic E-state index is 11.8. The first-order valence-corrected chi connectivity index (χ1v) is 6.11. The van der Waals surface area contributed by atoms with E-state index in [4.69, 9.17) is 5.11 Å². The monoisotopic (exact) mass is 249 g/mol. The van der Waals surface area contributed by atoms with Gasteiger partial charge in [-0.05, 0) is 19.9 Å². The molecule has 0 aliphatic carbocycles. The standard InChI is InChI=1S/C13H19N3O2/c1-9-12(10(2)15(3)14-9)4-5-13(18)16-6-11(7-16)8-17/h4-5,11,17H,6-8H2,1-3H3. The number of aliphatic hydroxyl groups excluding tert-OH is 1. The molecule has 2 rings (SSSR count). The molecule has 0 unspecified atom stereocenters. The molecule has 1 amide bonds. The summed E-state index contributed by atoms with van der Waals surface area (Å²) >= 11 is 0. The second-order valence-electron chi connectivity index (χ2n) is 4.83. The quantitative estimate of drug-likeness (QED) is 0.794. The van der Waals surface area contributed by atoms with Crippen molar-refractivity contribution >= 4 is 12.0 Å². The van der Waals surface area contributed by atoms with Gasteiger partial charge in [-0.2, -0.15) is 5.10 Å². The van der Waals surface area contributed by atoms with Crippen LogP contribution in [0.25, 0.3) is 6.08 Å². The van der Waals surface area contributed by atoms with Gasteiger partial charge in [0.25, 0.3) is 0 Å². The van der Waals surface area contributed by atoms with Crippen LogP contribution in [0.3, 0.4) is 0 Å². The molecule has 1 aromatic rings. The minimum Gasteiger partial charge on any atom is -0.396 e. The van der Waals surface area contributed by atoms with Crippen LogP contribution in [0.15, 0.2) is 6.08 Å². The lowest BCUT2D eigenvalue weighted by Gasteiger charge is -2.37. The van der Waals surface area contributed by atoms with Gasteiger partial charge in [0.05, 0.1) is 5.69 Å². The number of nitrogens with zero attached hydrogens (tertiary/aromatic N) is 3. The van der Waals surface area contributed by atoms with E-state index in [2.05, 4.69) is 5.10 Å². The van der Waals surface area contributed by atoms with Crippen molar-refractivity contribution in [3.8, 4) is 0 Å². The summed E-state index contributed by atoms with van der Waals surface area (Å²) in [5.74, 6) is 0.256. The topological polar surface area (TPSA) is 58.4 Å². The lowest BCUT2D eigenvalue weighted by atomic mass is 10.0. The Hall–Kier alpha value is -1.62. The van der Waals surface area contributed by atoms with Gasteiger partial charge < -0.3 is 10.0 Å². The lowest BCUT2D eigenvalue weighted by molar-refractivity contribution is -0.132. The molecule has 0 atom stereocenters. The maximum atomic E-state index is 11.8. The van der Waals surface area contributed by atoms with Crippen LogP contribution >= 0.6 is 0 Å². The molecule has 1 N–H and O–H groups in total. The molecule has 1 aliphatic heterocycles. The molecule has 0 aromatic carbocycles. The van der Waals surface area contributed by atoms with Crippen LogP contribution in [0.5, 0.6) is 0 Å². The summed E-state index contributed by atoms with van der Waals surface area (Å²) in [6.07, 6.45) is 3.41. The Kier molecular flexibility index (Phi) is 3.52. The average Bonchev–Trinajstić information content (AvgIpc) is 2.50. The van der Waals surface area contributed by atoms with Crippen LogP contribution in [0.1, 0.15) is 17.0 Å². The third-order valence-corrected chi connectivity index (χ3v) is 3.48. The van der Waals surface area contributed by atoms with Crippen LogP contribution in [-0.2, 0) is 11.8 Å². The zero-order valence-electron chi connectivity index (χ0n) is 11.1. The number of hydrogen-bond acceptors (Lipinski definition) is 3. The van der Waals surface area contributed by atoms with E-state index in [1.165, 1.54) is 0 Å². The van der Waals surface area contributed by atoms with E-state index >= 15 is 0 Å². The summed E-state index contributed by atoms with van der Waals surface area (Å²) < 4.78 is 1.81. The molecule has 1 fully saturated rings. The van der Waals surface area contributed by atoms with Gasteiger partial charge in [-0.15, -0.1) is 0 Å². The van der Waals surface area contributed by atoms with Crippen LogP contribution in [-0.4, -0.2) is 45.4 Å². The molecule has 1 aromatic heterocycles. The number of carbonyl (C=O) groups is 1. The SMILES string of the molecule is Cc1nn(C)c(C)c1C=CC(=O)N1CC(CO)C1. The fourth-order valence-electron chi connectivity index (χ4n) is 2.16. The predicted octanol–water partition coefficient (Wildman–Crippen LogP) is 0.501. The molecular formula is C13H19N3O2. The third-order valence-electron chi connectivity index (χ3n) is 3.48. The van der Waals surface area contributed by atoms with Crippen LogP contribution < -0.4 is 0 Å². The van der Waals surface area contributed by atoms with Gasteiger partial charge in [-0.3, -0.25) is 9.48 Å². The molecule has 0 spiro atoms. The Morgan fingerprint density at radius 3 is 2.67 bits per heavy atom. The van der Waals surface area contributed by atoms with Gasteiger partial charge in [-0.25, -0.2) is 0 Å². The average molecular weight is 249 g/mol. The molecule has 1 saturated heterocycles. The van der Waals surface area contributed by atoms with Gasteiger partial charge in [0.2, 0.25) is 5.91 Å². The first-order valence-electron chi connectivity index (χ1n) is 6.11. The highest BCUT2D eigenvalue weighted by molar-refractivity contribution is 5.92. The van der Waals surface area contributed by atoms with Gasteiger partial charge in [0.15, 0.2) is 0 Å². The second kappa shape index (κ2) is 4.94. The Labute approximate surface area is 107 Å². The van der Waals surface area contributed by atoms with Gasteiger partial charge in [0, 0.05) is 50.0 Å². The largest absolute Gasteiger partial charge is 0.396 e. The van der Waals surface area contributed by atoms with Crippen molar-refractivity contribution in [2.24, 2.45) is 13.0 Å². The highest BCUT2D eigenvalue weighted by Crippen LogP contribution is 2.17. The first kappa shape index (κ1) is 12.8. The maximum Gasteiger partial charge on any atom is 0.246 e. The van der Waals surface area contributed by atoms with E-state index < -0.39 is 0 Å². The molecule has 18 heavy (non-hydrogen) atoms. The number of aromatic nitrogens is 2. The minimum atomic E-state index is 0.00218. The number of hydrogen-bond donors (Lipinski definition) is 1. The van der Waals surface area contributed by atoms with Gasteiger partial charge >= 0.3 is 0 Å². The molecule has 0 radical (unpaired) electrons. The molecular weight excluding hydrogens is 230 g/mol. The van der Waals surface area contributed by atoms with Crippen molar-refractivity contribution in [1.82, 2.24) is 14.7 Å². The van der Waals surface area contributed by atoms with E-state index in [0.29, 0.717) is 13.1 Å². The highest BCUT2D eigenvalue weighted by Gasteiger charge is 2.28. The molecule has 0 bridgehead atoms. The zero-order valence-corrected chi connectivity index (χ0v) is 11.1. The summed E-state index contributed by atoms with van der Waals surface area (Å²) in [4.78, 5) is 13.6. The lowest BCUT2D eigenvalue weighted by Crippen LogP contribution is -2.50. The van der Waals surface area contributed by atoms with Crippen molar-refractivity contribution in [2.45, 2.75) is 13.8 Å². The Bertz CT molecular complexity index is 485. The van der Waals surface area contributed by atoms with E-state index in [1.807, 2.05) is 31.7 Å². The van der Waals surface area contributed by atoms with E-state index in [9.17, 15) is 4.79 Å². The second-order valence-corrected chi connectivity index (χ2v) is 4.83. The summed E-state index contributed by atoms with van der Waals surface area (Å²) in [7, 11) is 1.89. The number of rotatable bonds is 3. The van der Waals surface area contributed by atoms with E-state index in [1.54, 1.807) is 11.0 Å². The summed E-state index contributed by atoms with van der Waals surface area (Å²) in [5.41, 5.74) is 2.98. The molecule has 98 valence electrons. The van der Waals surface area contributed by atoms with Crippen molar-refractivity contribution in [3.05, 3.63) is 23.0 Å². The predicted molar refractivity (Wildman–Crippen MR) is 68.9 cm³/mol. The fourth-order valence-corrected chi connectivity index (χ4v) is 2.16. The summed E-state index contributed by atoms with van der Waals surface area (Å²) in [5, 5.41) is 13.2. The normalized spacial score (nSPS) is 16.3. The smallest absolute Gasteiger partial charge is 0.246 e. The summed E-state index contributed by atoms with van der Waals surface area (Å²) in [6.45, 7) is 5.39. The number of carbonyl (C=O) groups excluding carboxylic acids is 1. The van der Waals surface area contributed by atoms with Crippen molar-refractivity contribution in [2.75, 3.05) is 19.7 Å². The minimum absolute atomic E-state index is 0.00218. The first-order chi connectivity index (χ1) is 8.52. The number of aliphatic hydroxyl groups is 1. The Morgan fingerprint density at radius 1 is 1.50 bits per heavy atom. The van der Waals surface area contributed by atoms with Crippen LogP contribution in [0.2, 0.25) is 0 Å². The molecule has 0 saturated carbocycles. The molecule has 1 aliphatic rings. The van der Waals surface area contributed by atoms with Crippen LogP contribution in [0, 0.1) is 19.8 Å². The molecule has 5 heteroatoms. The number of aryl methyl sites for hydroxylation is 2. The molecule has 2 heterocycles. The van der Waals surface area contributed by atoms with Gasteiger partial charge in [0.1, 0.15) is 0 Å². The van der Waals surface area contributed by atoms with Crippen molar-refractivity contribution in [3.63, 3.8) is 0 Å². The fraction of sp³-hybridized carbons (Fsp3) is 0.538. The third kappa shape index (κ3) is 2.31. The highest BCUT2D eigenvalue weighted by atomic mass is 16.3. The van der Waals surface area contributed by atoms with Crippen molar-refractivity contribution < 1.29 is 9.90 Å². The number of likely N-dealkylation sites (tertiary alicyclic amines) is 1. The summed E-state index contributed by atoms with van der Waals surface area (Å²) in [6, 6.07) is 0. The Morgan fingerprint density at radius 2 is 2.17 bits per heavy atom. The Balaban J connectivity index is 2.01.